The van der Waals surface area contributed by atoms with Gasteiger partial charge >= 0.3 is 0 Å². The monoisotopic (exact) mass is 124 g/mol. The van der Waals surface area contributed by atoms with Crippen molar-refractivity contribution in [1.82, 2.24) is 0 Å². The first-order chi connectivity index (χ1) is 4.27. The van der Waals surface area contributed by atoms with Crippen LogP contribution in [0.5, 0.6) is 0 Å². The van der Waals surface area contributed by atoms with Crippen molar-refractivity contribution in [3.8, 4) is 0 Å². The van der Waals surface area contributed by atoms with E-state index >= 15 is 0 Å². The highest BCUT2D eigenvalue weighted by Gasteiger charge is 2.41. The average Bonchev–Trinajstić information content (AvgIpc) is 2.22. The molecule has 0 heterocycles. The van der Waals surface area contributed by atoms with Crippen LogP contribution < -0.4 is 0 Å². The molecule has 9 heavy (non-hydrogen) atoms. The van der Waals surface area contributed by atoms with E-state index in [0.717, 1.165) is 23.7 Å². The molecule has 0 aliphatic heterocycles. The third-order valence-electron chi connectivity index (χ3n) is 3.48. The average molecular weight is 124 g/mol. The number of hydrogen-bond donors (Lipinski definition) is 0. The predicted octanol–water partition coefficient (Wildman–Crippen LogP) is 2.69. The predicted molar refractivity (Wildman–Crippen MR) is 39.2 cm³/mol. The van der Waals surface area contributed by atoms with Gasteiger partial charge in [0.05, 0.1) is 0 Å². The largest absolute Gasteiger partial charge is 0.0622 e. The molecular formula is C9H16. The van der Waals surface area contributed by atoms with E-state index < -0.39 is 0 Å². The molecule has 0 aromatic heterocycles. The van der Waals surface area contributed by atoms with Crippen LogP contribution in [0.1, 0.15) is 33.1 Å². The lowest BCUT2D eigenvalue weighted by Crippen LogP contribution is -2.14. The van der Waals surface area contributed by atoms with Gasteiger partial charge in [0.2, 0.25) is 0 Å². The van der Waals surface area contributed by atoms with Crippen LogP contribution >= 0.6 is 0 Å². The van der Waals surface area contributed by atoms with E-state index in [0.29, 0.717) is 0 Å². The van der Waals surface area contributed by atoms with Crippen LogP contribution in [0.4, 0.5) is 0 Å². The van der Waals surface area contributed by atoms with Gasteiger partial charge in [0.15, 0.2) is 0 Å². The Labute approximate surface area is 57.6 Å². The number of hydrogen-bond acceptors (Lipinski definition) is 0. The van der Waals surface area contributed by atoms with Gasteiger partial charge in [0, 0.05) is 0 Å². The zero-order valence-corrected chi connectivity index (χ0v) is 6.43. The highest BCUT2D eigenvalue weighted by atomic mass is 14.5. The molecule has 2 atom stereocenters. The summed E-state index contributed by atoms with van der Waals surface area (Å²) in [5.41, 5.74) is 0. The van der Waals surface area contributed by atoms with Crippen LogP contribution in [0.2, 0.25) is 0 Å². The number of rotatable bonds is 0. The molecular weight excluding hydrogens is 108 g/mol. The second kappa shape index (κ2) is 1.74. The first-order valence-corrected chi connectivity index (χ1v) is 4.27. The third-order valence-corrected chi connectivity index (χ3v) is 3.48. The van der Waals surface area contributed by atoms with E-state index in [-0.39, 0.29) is 0 Å². The summed E-state index contributed by atoms with van der Waals surface area (Å²) in [4.78, 5) is 0. The van der Waals surface area contributed by atoms with E-state index in [1.165, 1.54) is 12.8 Å². The van der Waals surface area contributed by atoms with Crippen LogP contribution in [0.3, 0.4) is 0 Å². The van der Waals surface area contributed by atoms with Crippen molar-refractivity contribution in [2.75, 3.05) is 0 Å². The van der Waals surface area contributed by atoms with E-state index in [4.69, 9.17) is 0 Å². The zero-order valence-electron chi connectivity index (χ0n) is 6.43. The van der Waals surface area contributed by atoms with Gasteiger partial charge in [-0.1, -0.05) is 13.8 Å². The summed E-state index contributed by atoms with van der Waals surface area (Å²) < 4.78 is 0. The summed E-state index contributed by atoms with van der Waals surface area (Å²) in [6.07, 6.45) is 4.63. The molecule has 0 N–H and O–H groups in total. The Morgan fingerprint density at radius 3 is 1.67 bits per heavy atom. The molecule has 0 unspecified atom stereocenters. The van der Waals surface area contributed by atoms with Gasteiger partial charge in [-0.3, -0.25) is 0 Å². The maximum atomic E-state index is 2.43. The first-order valence-electron chi connectivity index (χ1n) is 4.27. The zero-order chi connectivity index (χ0) is 6.43. The number of fused-ring (bicyclic) bond motifs is 2. The molecule has 0 amide bonds. The topological polar surface area (TPSA) is 0 Å². The first kappa shape index (κ1) is 5.76. The summed E-state index contributed by atoms with van der Waals surface area (Å²) >= 11 is 0. The normalized spacial score (nSPS) is 56.7. The molecule has 0 radical (unpaired) electrons. The van der Waals surface area contributed by atoms with Crippen LogP contribution in [0.25, 0.3) is 0 Å². The lowest BCUT2D eigenvalue weighted by Gasteiger charge is -2.23. The maximum Gasteiger partial charge on any atom is -0.0360 e. The molecule has 0 saturated heterocycles. The minimum absolute atomic E-state index is 1.05. The van der Waals surface area contributed by atoms with Crippen LogP contribution in [0, 0.1) is 23.7 Å². The van der Waals surface area contributed by atoms with E-state index in [2.05, 4.69) is 13.8 Å². The molecule has 2 rings (SSSR count). The summed E-state index contributed by atoms with van der Waals surface area (Å²) in [7, 11) is 0. The molecule has 2 aliphatic carbocycles. The van der Waals surface area contributed by atoms with Gasteiger partial charge in [-0.05, 0) is 42.9 Å². The second-order valence-corrected chi connectivity index (χ2v) is 4.19. The fourth-order valence-corrected chi connectivity index (χ4v) is 3.10. The van der Waals surface area contributed by atoms with Crippen molar-refractivity contribution in [2.24, 2.45) is 23.7 Å². The maximum absolute atomic E-state index is 2.43. The Morgan fingerprint density at radius 1 is 0.889 bits per heavy atom. The van der Waals surface area contributed by atoms with Crippen LogP contribution in [0.15, 0.2) is 0 Å². The van der Waals surface area contributed by atoms with Crippen molar-refractivity contribution >= 4 is 0 Å². The third kappa shape index (κ3) is 0.720. The Kier molecular flexibility index (Phi) is 1.12. The molecule has 0 spiro atoms. The highest BCUT2D eigenvalue weighted by molar-refractivity contribution is 4.91. The van der Waals surface area contributed by atoms with Crippen molar-refractivity contribution in [3.05, 3.63) is 0 Å². The molecule has 2 saturated carbocycles. The Bertz CT molecular complexity index is 105. The van der Waals surface area contributed by atoms with Gasteiger partial charge in [-0.2, -0.15) is 0 Å². The summed E-state index contributed by atoms with van der Waals surface area (Å²) in [6.45, 7) is 4.86. The van der Waals surface area contributed by atoms with Gasteiger partial charge < -0.3 is 0 Å². The summed E-state index contributed by atoms with van der Waals surface area (Å²) in [5.74, 6) is 4.34. The van der Waals surface area contributed by atoms with Crippen LogP contribution in [-0.4, -0.2) is 0 Å². The molecule has 2 fully saturated rings. The summed E-state index contributed by atoms with van der Waals surface area (Å²) in [6, 6.07) is 0. The fraction of sp³-hybridized carbons (Fsp3) is 1.00. The molecule has 52 valence electrons. The lowest BCUT2D eigenvalue weighted by molar-refractivity contribution is 0.272. The van der Waals surface area contributed by atoms with Gasteiger partial charge in [0.25, 0.3) is 0 Å². The molecule has 2 aliphatic rings. The standard InChI is InChI=1S/C9H16/c1-6-3-8-4-7(2)9(6)5-8/h6-9H,3-5H2,1-2H3/t6-,7-,8?,9?/m0/s1. The van der Waals surface area contributed by atoms with Crippen molar-refractivity contribution < 1.29 is 0 Å². The van der Waals surface area contributed by atoms with E-state index in [1.54, 1.807) is 6.42 Å². The van der Waals surface area contributed by atoms with Gasteiger partial charge in [0.1, 0.15) is 0 Å². The highest BCUT2D eigenvalue weighted by Crippen LogP contribution is 2.51. The van der Waals surface area contributed by atoms with Crippen molar-refractivity contribution in [2.45, 2.75) is 33.1 Å². The van der Waals surface area contributed by atoms with Crippen molar-refractivity contribution in [1.29, 1.82) is 0 Å². The molecule has 0 aromatic rings. The van der Waals surface area contributed by atoms with Crippen LogP contribution in [-0.2, 0) is 0 Å². The molecule has 0 heteroatoms. The second-order valence-electron chi connectivity index (χ2n) is 4.19. The fourth-order valence-electron chi connectivity index (χ4n) is 3.10. The smallest absolute Gasteiger partial charge is 0.0360 e. The van der Waals surface area contributed by atoms with Gasteiger partial charge in [-0.25, -0.2) is 0 Å². The summed E-state index contributed by atoms with van der Waals surface area (Å²) in [5, 5.41) is 0. The van der Waals surface area contributed by atoms with E-state index in [9.17, 15) is 0 Å². The van der Waals surface area contributed by atoms with E-state index in [1.807, 2.05) is 0 Å². The van der Waals surface area contributed by atoms with Crippen molar-refractivity contribution in [3.63, 3.8) is 0 Å². The Hall–Kier alpha value is 0. The minimum Gasteiger partial charge on any atom is -0.0622 e. The molecule has 0 aromatic carbocycles. The van der Waals surface area contributed by atoms with Gasteiger partial charge in [-0.15, -0.1) is 0 Å². The molecule has 2 bridgehead atoms. The molecule has 0 nitrogen and oxygen atoms in total. The Balaban J connectivity index is 2.13. The SMILES string of the molecule is C[C@H]1CC2CC1[C@@H](C)C2. The minimum atomic E-state index is 1.05. The Morgan fingerprint density at radius 2 is 1.44 bits per heavy atom. The lowest BCUT2D eigenvalue weighted by atomic mass is 9.83. The quantitative estimate of drug-likeness (QED) is 0.465.